The van der Waals surface area contributed by atoms with Gasteiger partial charge in [0, 0.05) is 37.7 Å². The fourth-order valence-corrected chi connectivity index (χ4v) is 4.94. The second-order valence-corrected chi connectivity index (χ2v) is 8.01. The van der Waals surface area contributed by atoms with Crippen LogP contribution in [0.5, 0.6) is 0 Å². The van der Waals surface area contributed by atoms with Gasteiger partial charge in [0.25, 0.3) is 0 Å². The van der Waals surface area contributed by atoms with E-state index in [9.17, 15) is 14.7 Å². The Morgan fingerprint density at radius 2 is 1.77 bits per heavy atom. The minimum atomic E-state index is -0.834. The molecule has 1 amide bonds. The van der Waals surface area contributed by atoms with Crippen LogP contribution in [0, 0.1) is 23.7 Å². The zero-order chi connectivity index (χ0) is 18.3. The minimum Gasteiger partial charge on any atom is -0.481 e. The van der Waals surface area contributed by atoms with E-state index >= 15 is 0 Å². The number of rotatable bonds is 4. The number of aliphatic carboxylic acids is 1. The lowest BCUT2D eigenvalue weighted by molar-refractivity contribution is -0.151. The fourth-order valence-electron chi connectivity index (χ4n) is 4.73. The lowest BCUT2D eigenvalue weighted by Crippen LogP contribution is -2.52. The van der Waals surface area contributed by atoms with Crippen LogP contribution >= 0.6 is 11.6 Å². The zero-order valence-electron chi connectivity index (χ0n) is 14.6. The van der Waals surface area contributed by atoms with Crippen LogP contribution in [0.25, 0.3) is 0 Å². The number of hydrogen-bond donors (Lipinski definition) is 1. The molecule has 26 heavy (non-hydrogen) atoms. The van der Waals surface area contributed by atoms with Gasteiger partial charge in [-0.2, -0.15) is 0 Å². The number of nitrogens with zero attached hydrogens (tertiary/aromatic N) is 2. The van der Waals surface area contributed by atoms with E-state index in [1.165, 1.54) is 5.56 Å². The number of hydrogen-bond acceptors (Lipinski definition) is 3. The Hall–Kier alpha value is -1.85. The molecule has 0 unspecified atom stereocenters. The average Bonchev–Trinajstić information content (AvgIpc) is 3.23. The molecule has 4 atom stereocenters. The average molecular weight is 375 g/mol. The third-order valence-corrected chi connectivity index (χ3v) is 6.24. The molecule has 1 saturated heterocycles. The maximum atomic E-state index is 13.0. The van der Waals surface area contributed by atoms with E-state index in [4.69, 9.17) is 11.6 Å². The standard InChI is InChI=1S/C20H23ClN2O3/c21-16-3-1-2-13(10-16)12-22-6-8-23(9-7-22)19(24)17-14-4-5-15(11-14)18(17)20(25)26/h1-5,10,14-15,17-18H,6-9,11-12H2,(H,25,26)/t14-,15-,17-,18+/m0/s1. The first-order valence-corrected chi connectivity index (χ1v) is 9.57. The summed E-state index contributed by atoms with van der Waals surface area (Å²) in [6, 6.07) is 7.84. The summed E-state index contributed by atoms with van der Waals surface area (Å²) in [6.45, 7) is 3.73. The van der Waals surface area contributed by atoms with Gasteiger partial charge < -0.3 is 10.0 Å². The van der Waals surface area contributed by atoms with E-state index in [0.717, 1.165) is 31.1 Å². The van der Waals surface area contributed by atoms with Crippen LogP contribution in [0.3, 0.4) is 0 Å². The fraction of sp³-hybridized carbons (Fsp3) is 0.500. The molecule has 0 spiro atoms. The van der Waals surface area contributed by atoms with Gasteiger partial charge in [-0.1, -0.05) is 35.9 Å². The van der Waals surface area contributed by atoms with Gasteiger partial charge in [-0.15, -0.1) is 0 Å². The highest BCUT2D eigenvalue weighted by Gasteiger charge is 2.52. The van der Waals surface area contributed by atoms with Crippen molar-refractivity contribution in [3.63, 3.8) is 0 Å². The van der Waals surface area contributed by atoms with Crippen molar-refractivity contribution in [3.8, 4) is 0 Å². The number of carboxylic acids is 1. The summed E-state index contributed by atoms with van der Waals surface area (Å²) in [5, 5.41) is 10.3. The molecule has 1 aliphatic heterocycles. The molecule has 2 aliphatic carbocycles. The predicted molar refractivity (Wildman–Crippen MR) is 98.7 cm³/mol. The number of carboxylic acid groups (broad SMARTS) is 1. The van der Waals surface area contributed by atoms with Crippen molar-refractivity contribution in [2.45, 2.75) is 13.0 Å². The Morgan fingerprint density at radius 1 is 1.08 bits per heavy atom. The highest BCUT2D eigenvalue weighted by Crippen LogP contribution is 2.48. The van der Waals surface area contributed by atoms with Gasteiger partial charge in [-0.05, 0) is 36.0 Å². The highest BCUT2D eigenvalue weighted by molar-refractivity contribution is 6.30. The molecule has 1 aromatic rings. The van der Waals surface area contributed by atoms with Crippen LogP contribution in [0.1, 0.15) is 12.0 Å². The number of carbonyl (C=O) groups is 2. The number of fused-ring (bicyclic) bond motifs is 2. The van der Waals surface area contributed by atoms with Crippen LogP contribution in [-0.4, -0.2) is 53.0 Å². The molecule has 3 aliphatic rings. The molecule has 0 aromatic heterocycles. The SMILES string of the molecule is O=C(O)[C@H]1[C@@H](C(=O)N2CCN(Cc3cccc(Cl)c3)CC2)[C@H]2C=C[C@H]1C2. The van der Waals surface area contributed by atoms with E-state index in [2.05, 4.69) is 11.0 Å². The van der Waals surface area contributed by atoms with Crippen LogP contribution < -0.4 is 0 Å². The summed E-state index contributed by atoms with van der Waals surface area (Å²) >= 11 is 6.05. The number of piperazine rings is 1. The summed E-state index contributed by atoms with van der Waals surface area (Å²) in [5.74, 6) is -1.63. The minimum absolute atomic E-state index is 0.0237. The van der Waals surface area contributed by atoms with Gasteiger partial charge in [0.2, 0.25) is 5.91 Å². The summed E-state index contributed by atoms with van der Waals surface area (Å²) in [5.41, 5.74) is 1.17. The number of benzene rings is 1. The summed E-state index contributed by atoms with van der Waals surface area (Å²) in [6.07, 6.45) is 4.83. The quantitative estimate of drug-likeness (QED) is 0.822. The van der Waals surface area contributed by atoms with Gasteiger partial charge >= 0.3 is 5.97 Å². The first-order chi connectivity index (χ1) is 12.5. The molecule has 1 N–H and O–H groups in total. The van der Waals surface area contributed by atoms with Crippen LogP contribution in [0.15, 0.2) is 36.4 Å². The van der Waals surface area contributed by atoms with Gasteiger partial charge in [0.05, 0.1) is 11.8 Å². The summed E-state index contributed by atoms with van der Waals surface area (Å²) < 4.78 is 0. The molecule has 2 fully saturated rings. The molecule has 5 nitrogen and oxygen atoms in total. The topological polar surface area (TPSA) is 60.9 Å². The lowest BCUT2D eigenvalue weighted by atomic mass is 9.82. The molecule has 4 rings (SSSR count). The van der Waals surface area contributed by atoms with Gasteiger partial charge in [-0.3, -0.25) is 14.5 Å². The molecule has 138 valence electrons. The predicted octanol–water partition coefficient (Wildman–Crippen LogP) is 2.51. The highest BCUT2D eigenvalue weighted by atomic mass is 35.5. The van der Waals surface area contributed by atoms with E-state index in [0.29, 0.717) is 13.1 Å². The van der Waals surface area contributed by atoms with Gasteiger partial charge in [-0.25, -0.2) is 0 Å². The van der Waals surface area contributed by atoms with Crippen molar-refractivity contribution >= 4 is 23.5 Å². The Balaban J connectivity index is 1.36. The van der Waals surface area contributed by atoms with Gasteiger partial charge in [0.15, 0.2) is 0 Å². The molecule has 1 heterocycles. The first-order valence-electron chi connectivity index (χ1n) is 9.19. The van der Waals surface area contributed by atoms with E-state index < -0.39 is 11.9 Å². The third kappa shape index (κ3) is 3.26. The van der Waals surface area contributed by atoms with Gasteiger partial charge in [0.1, 0.15) is 0 Å². The lowest BCUT2D eigenvalue weighted by Gasteiger charge is -2.37. The second-order valence-electron chi connectivity index (χ2n) is 7.57. The number of halogens is 1. The van der Waals surface area contributed by atoms with Crippen molar-refractivity contribution in [1.29, 1.82) is 0 Å². The van der Waals surface area contributed by atoms with Crippen LogP contribution in [0.2, 0.25) is 5.02 Å². The van der Waals surface area contributed by atoms with E-state index in [1.54, 1.807) is 0 Å². The number of amides is 1. The monoisotopic (exact) mass is 374 g/mol. The van der Waals surface area contributed by atoms with E-state index in [1.807, 2.05) is 35.3 Å². The Morgan fingerprint density at radius 3 is 2.42 bits per heavy atom. The van der Waals surface area contributed by atoms with Crippen LogP contribution in [0.4, 0.5) is 0 Å². The smallest absolute Gasteiger partial charge is 0.307 e. The maximum Gasteiger partial charge on any atom is 0.307 e. The second kappa shape index (κ2) is 7.05. The molecular weight excluding hydrogens is 352 g/mol. The van der Waals surface area contributed by atoms with Crippen molar-refractivity contribution in [1.82, 2.24) is 9.80 Å². The molecular formula is C20H23ClN2O3. The van der Waals surface area contributed by atoms with Crippen molar-refractivity contribution in [2.24, 2.45) is 23.7 Å². The largest absolute Gasteiger partial charge is 0.481 e. The molecule has 2 bridgehead atoms. The first kappa shape index (κ1) is 17.6. The summed E-state index contributed by atoms with van der Waals surface area (Å²) in [7, 11) is 0. The van der Waals surface area contributed by atoms with Crippen molar-refractivity contribution in [2.75, 3.05) is 26.2 Å². The Bertz CT molecular complexity index is 742. The van der Waals surface area contributed by atoms with Crippen molar-refractivity contribution < 1.29 is 14.7 Å². The third-order valence-electron chi connectivity index (χ3n) is 6.01. The maximum absolute atomic E-state index is 13.0. The Kier molecular flexibility index (Phi) is 4.76. The van der Waals surface area contributed by atoms with Crippen molar-refractivity contribution in [3.05, 3.63) is 47.0 Å². The number of carbonyl (C=O) groups excluding carboxylic acids is 1. The molecule has 1 aromatic carbocycles. The van der Waals surface area contributed by atoms with E-state index in [-0.39, 0.29) is 23.7 Å². The van der Waals surface area contributed by atoms with Crippen LogP contribution in [-0.2, 0) is 16.1 Å². The zero-order valence-corrected chi connectivity index (χ0v) is 15.3. The normalized spacial score (nSPS) is 30.7. The molecule has 0 radical (unpaired) electrons. The number of allylic oxidation sites excluding steroid dienone is 2. The molecule has 6 heteroatoms. The Labute approximate surface area is 158 Å². The summed E-state index contributed by atoms with van der Waals surface area (Å²) in [4.78, 5) is 28.8. The molecule has 1 saturated carbocycles.